The van der Waals surface area contributed by atoms with E-state index in [4.69, 9.17) is 4.74 Å². The maximum atomic E-state index is 12.8. The van der Waals surface area contributed by atoms with Gasteiger partial charge in [0.1, 0.15) is 11.4 Å². The van der Waals surface area contributed by atoms with Crippen LogP contribution in [0.2, 0.25) is 0 Å². The molecule has 6 nitrogen and oxygen atoms in total. The van der Waals surface area contributed by atoms with Gasteiger partial charge in [-0.15, -0.1) is 0 Å². The van der Waals surface area contributed by atoms with Crippen molar-refractivity contribution in [1.29, 1.82) is 0 Å². The van der Waals surface area contributed by atoms with E-state index in [1.54, 1.807) is 12.1 Å². The van der Waals surface area contributed by atoms with E-state index in [9.17, 15) is 14.4 Å². The average molecular weight is 463 g/mol. The molecule has 2 heterocycles. The number of aryl methyl sites for hydroxylation is 2. The van der Waals surface area contributed by atoms with E-state index in [1.807, 2.05) is 49.1 Å². The molecule has 2 aromatic rings. The number of piperidine rings is 1. The van der Waals surface area contributed by atoms with Gasteiger partial charge in [-0.3, -0.25) is 14.4 Å². The van der Waals surface area contributed by atoms with Gasteiger partial charge < -0.3 is 15.0 Å². The highest BCUT2D eigenvalue weighted by Gasteiger charge is 2.43. The number of fused-ring (bicyclic) bond motifs is 1. The van der Waals surface area contributed by atoms with E-state index in [1.165, 1.54) is 0 Å². The third kappa shape index (κ3) is 5.49. The van der Waals surface area contributed by atoms with Crippen molar-refractivity contribution in [3.8, 4) is 5.75 Å². The van der Waals surface area contributed by atoms with E-state index in [0.29, 0.717) is 62.2 Å². The number of rotatable bonds is 7. The molecule has 2 aliphatic heterocycles. The zero-order valence-electron chi connectivity index (χ0n) is 20.2. The van der Waals surface area contributed by atoms with Crippen molar-refractivity contribution >= 4 is 17.6 Å². The fourth-order valence-electron chi connectivity index (χ4n) is 4.82. The highest BCUT2D eigenvalue weighted by atomic mass is 16.5. The van der Waals surface area contributed by atoms with Crippen molar-refractivity contribution in [3.63, 3.8) is 0 Å². The Kier molecular flexibility index (Phi) is 7.35. The number of carbonyl (C=O) groups excluding carboxylic acids is 3. The number of hydrogen-bond donors (Lipinski definition) is 1. The Hall–Kier alpha value is -3.15. The molecule has 2 aliphatic rings. The molecule has 180 valence electrons. The summed E-state index contributed by atoms with van der Waals surface area (Å²) in [6.45, 7) is 5.90. The summed E-state index contributed by atoms with van der Waals surface area (Å²) >= 11 is 0. The summed E-state index contributed by atoms with van der Waals surface area (Å²) in [4.78, 5) is 39.4. The Morgan fingerprint density at radius 2 is 1.71 bits per heavy atom. The van der Waals surface area contributed by atoms with Crippen LogP contribution in [-0.2, 0) is 4.79 Å². The highest BCUT2D eigenvalue weighted by Crippen LogP contribution is 2.40. The Labute approximate surface area is 201 Å². The second kappa shape index (κ2) is 10.4. The summed E-state index contributed by atoms with van der Waals surface area (Å²) in [5.74, 6) is 0.939. The fraction of sp³-hybridized carbons (Fsp3) is 0.464. The van der Waals surface area contributed by atoms with Crippen LogP contribution in [0.5, 0.6) is 5.75 Å². The van der Waals surface area contributed by atoms with Gasteiger partial charge in [-0.05, 0) is 62.1 Å². The number of ketones is 1. The van der Waals surface area contributed by atoms with Crippen molar-refractivity contribution in [3.05, 3.63) is 64.7 Å². The first-order chi connectivity index (χ1) is 16.4. The first kappa shape index (κ1) is 24.0. The maximum absolute atomic E-state index is 12.8. The minimum atomic E-state index is -0.487. The molecule has 0 aliphatic carbocycles. The van der Waals surface area contributed by atoms with Crippen molar-refractivity contribution in [1.82, 2.24) is 10.2 Å². The van der Waals surface area contributed by atoms with Gasteiger partial charge in [0.15, 0.2) is 5.78 Å². The lowest BCUT2D eigenvalue weighted by atomic mass is 9.82. The molecule has 0 bridgehead atoms. The molecule has 1 saturated heterocycles. The summed E-state index contributed by atoms with van der Waals surface area (Å²) in [5.41, 5.74) is 3.09. The Morgan fingerprint density at radius 3 is 2.44 bits per heavy atom. The number of nitrogens with zero attached hydrogens (tertiary/aromatic N) is 1. The third-order valence-corrected chi connectivity index (χ3v) is 7.12. The van der Waals surface area contributed by atoms with Gasteiger partial charge in [-0.25, -0.2) is 0 Å². The number of likely N-dealkylation sites (tertiary alicyclic amines) is 1. The van der Waals surface area contributed by atoms with Crippen molar-refractivity contribution in [2.75, 3.05) is 19.6 Å². The number of Topliss-reactive ketones (excluding diaryl/α,β-unsaturated/α-hetero) is 1. The van der Waals surface area contributed by atoms with Crippen LogP contribution in [0, 0.1) is 13.8 Å². The number of unbranched alkanes of at least 4 members (excludes halogenated alkanes) is 2. The van der Waals surface area contributed by atoms with Crippen LogP contribution in [0.4, 0.5) is 0 Å². The zero-order valence-corrected chi connectivity index (χ0v) is 20.2. The second-order valence-electron chi connectivity index (χ2n) is 9.63. The van der Waals surface area contributed by atoms with Gasteiger partial charge in [0.2, 0.25) is 5.91 Å². The summed E-state index contributed by atoms with van der Waals surface area (Å²) in [7, 11) is 0. The van der Waals surface area contributed by atoms with Crippen LogP contribution < -0.4 is 10.1 Å². The van der Waals surface area contributed by atoms with Gasteiger partial charge in [0.05, 0.1) is 12.0 Å². The van der Waals surface area contributed by atoms with Gasteiger partial charge in [-0.2, -0.15) is 0 Å². The molecule has 0 aromatic heterocycles. The molecular formula is C28H34N2O4. The van der Waals surface area contributed by atoms with E-state index < -0.39 is 5.60 Å². The lowest BCUT2D eigenvalue weighted by Crippen LogP contribution is -2.52. The number of carbonyl (C=O) groups is 3. The number of amides is 2. The van der Waals surface area contributed by atoms with Gasteiger partial charge in [0.25, 0.3) is 5.91 Å². The van der Waals surface area contributed by atoms with Crippen LogP contribution in [0.1, 0.15) is 76.8 Å². The zero-order chi connectivity index (χ0) is 24.1. The second-order valence-corrected chi connectivity index (χ2v) is 9.63. The molecule has 6 heteroatoms. The van der Waals surface area contributed by atoms with E-state index in [-0.39, 0.29) is 17.6 Å². The molecule has 34 heavy (non-hydrogen) atoms. The lowest BCUT2D eigenvalue weighted by molar-refractivity contribution is -0.134. The van der Waals surface area contributed by atoms with Gasteiger partial charge >= 0.3 is 0 Å². The molecule has 1 fully saturated rings. The summed E-state index contributed by atoms with van der Waals surface area (Å²) < 4.78 is 6.38. The first-order valence-electron chi connectivity index (χ1n) is 12.3. The maximum Gasteiger partial charge on any atom is 0.251 e. The predicted molar refractivity (Wildman–Crippen MR) is 131 cm³/mol. The monoisotopic (exact) mass is 462 g/mol. The summed E-state index contributed by atoms with van der Waals surface area (Å²) in [6, 6.07) is 13.1. The van der Waals surface area contributed by atoms with E-state index in [2.05, 4.69) is 5.32 Å². The van der Waals surface area contributed by atoms with Crippen LogP contribution >= 0.6 is 0 Å². The molecular weight excluding hydrogens is 428 g/mol. The first-order valence-corrected chi connectivity index (χ1v) is 12.3. The summed E-state index contributed by atoms with van der Waals surface area (Å²) in [6.07, 6.45) is 4.82. The fourth-order valence-corrected chi connectivity index (χ4v) is 4.82. The number of hydrogen-bond acceptors (Lipinski definition) is 4. The summed E-state index contributed by atoms with van der Waals surface area (Å²) in [5, 5.41) is 2.92. The van der Waals surface area contributed by atoms with Crippen LogP contribution in [-0.4, -0.2) is 47.7 Å². The molecule has 1 spiro atoms. The standard InChI is InChI=1S/C28H34N2O4/c1-20-17-23-24(31)19-28(34-25(23)18-21(20)2)12-15-30(16-13-28)26(32)11-7-4-8-14-29-27(33)22-9-5-3-6-10-22/h3,5-6,9-10,17-18H,4,7-8,11-16,19H2,1-2H3,(H,29,33). The van der Waals surface area contributed by atoms with Crippen molar-refractivity contribution in [2.45, 2.75) is 64.4 Å². The normalized spacial score (nSPS) is 16.6. The predicted octanol–water partition coefficient (Wildman–Crippen LogP) is 4.62. The molecule has 2 amide bonds. The molecule has 0 unspecified atom stereocenters. The van der Waals surface area contributed by atoms with E-state index in [0.717, 1.165) is 30.4 Å². The molecule has 2 aromatic carbocycles. The SMILES string of the molecule is Cc1cc2c(cc1C)C(=O)CC1(CCN(C(=O)CCCCCNC(=O)c3ccccc3)CC1)O2. The van der Waals surface area contributed by atoms with Crippen LogP contribution in [0.3, 0.4) is 0 Å². The number of benzene rings is 2. The minimum absolute atomic E-state index is 0.0599. The minimum Gasteiger partial charge on any atom is -0.486 e. The molecule has 4 rings (SSSR count). The average Bonchev–Trinajstić information content (AvgIpc) is 2.83. The quantitative estimate of drug-likeness (QED) is 0.609. The van der Waals surface area contributed by atoms with Crippen molar-refractivity contribution < 1.29 is 19.1 Å². The lowest BCUT2D eigenvalue weighted by Gasteiger charge is -2.44. The Morgan fingerprint density at radius 1 is 1.00 bits per heavy atom. The van der Waals surface area contributed by atoms with Crippen LogP contribution in [0.25, 0.3) is 0 Å². The molecule has 0 saturated carbocycles. The largest absolute Gasteiger partial charge is 0.486 e. The Balaban J connectivity index is 1.17. The highest BCUT2D eigenvalue weighted by molar-refractivity contribution is 6.00. The molecule has 0 atom stereocenters. The smallest absolute Gasteiger partial charge is 0.251 e. The Bertz CT molecular complexity index is 1060. The van der Waals surface area contributed by atoms with Crippen molar-refractivity contribution in [2.24, 2.45) is 0 Å². The van der Waals surface area contributed by atoms with Crippen LogP contribution in [0.15, 0.2) is 42.5 Å². The van der Waals surface area contributed by atoms with E-state index >= 15 is 0 Å². The van der Waals surface area contributed by atoms with Gasteiger partial charge in [0, 0.05) is 44.5 Å². The number of nitrogens with one attached hydrogen (secondary N) is 1. The van der Waals surface area contributed by atoms with Gasteiger partial charge in [-0.1, -0.05) is 24.6 Å². The topological polar surface area (TPSA) is 75.7 Å². The number of ether oxygens (including phenoxy) is 1. The third-order valence-electron chi connectivity index (χ3n) is 7.12. The molecule has 1 N–H and O–H groups in total. The molecule has 0 radical (unpaired) electrons.